The van der Waals surface area contributed by atoms with Crippen molar-refractivity contribution in [2.75, 3.05) is 6.54 Å². The van der Waals surface area contributed by atoms with Crippen LogP contribution in [0.25, 0.3) is 5.65 Å². The number of hydrogen-bond donors (Lipinski definition) is 0. The second kappa shape index (κ2) is 7.30. The fourth-order valence-electron chi connectivity index (χ4n) is 3.37. The molecule has 4 heterocycles. The molecule has 0 N–H and O–H groups in total. The lowest BCUT2D eigenvalue weighted by molar-refractivity contribution is -0.149. The summed E-state index contributed by atoms with van der Waals surface area (Å²) in [5.74, 6) is -0.456. The molecule has 28 heavy (non-hydrogen) atoms. The van der Waals surface area contributed by atoms with Crippen LogP contribution in [0.2, 0.25) is 0 Å². The van der Waals surface area contributed by atoms with Gasteiger partial charge in [-0.25, -0.2) is 4.98 Å². The number of amides is 1. The third-order valence-corrected chi connectivity index (χ3v) is 4.77. The van der Waals surface area contributed by atoms with Gasteiger partial charge in [-0.05, 0) is 31.2 Å². The first-order chi connectivity index (χ1) is 13.5. The zero-order chi connectivity index (χ0) is 19.7. The summed E-state index contributed by atoms with van der Waals surface area (Å²) in [6.45, 7) is 2.33. The Kier molecular flexibility index (Phi) is 4.68. The van der Waals surface area contributed by atoms with Gasteiger partial charge in [0.25, 0.3) is 5.56 Å². The topological polar surface area (TPSA) is 94.1 Å². The molecule has 1 aliphatic heterocycles. The number of rotatable bonds is 5. The van der Waals surface area contributed by atoms with E-state index in [-0.39, 0.29) is 31.0 Å². The van der Waals surface area contributed by atoms with E-state index >= 15 is 0 Å². The Morgan fingerprint density at radius 2 is 2.14 bits per heavy atom. The van der Waals surface area contributed by atoms with E-state index in [9.17, 15) is 14.4 Å². The molecule has 1 aliphatic rings. The van der Waals surface area contributed by atoms with Gasteiger partial charge in [0.15, 0.2) is 0 Å². The highest BCUT2D eigenvalue weighted by Crippen LogP contribution is 2.22. The van der Waals surface area contributed by atoms with E-state index in [0.717, 1.165) is 5.69 Å². The maximum absolute atomic E-state index is 12.4. The lowest BCUT2D eigenvalue weighted by Gasteiger charge is -2.14. The number of aryl methyl sites for hydroxylation is 1. The Morgan fingerprint density at radius 3 is 2.93 bits per heavy atom. The van der Waals surface area contributed by atoms with E-state index in [0.29, 0.717) is 23.6 Å². The van der Waals surface area contributed by atoms with E-state index < -0.39 is 11.9 Å². The normalized spacial score (nSPS) is 16.7. The largest absolute Gasteiger partial charge is 0.467 e. The minimum absolute atomic E-state index is 0.104. The van der Waals surface area contributed by atoms with Crippen LogP contribution in [0.15, 0.2) is 51.9 Å². The molecule has 1 saturated heterocycles. The molecular weight excluding hydrogens is 362 g/mol. The van der Waals surface area contributed by atoms with E-state index in [2.05, 4.69) is 4.98 Å². The van der Waals surface area contributed by atoms with Crippen molar-refractivity contribution in [1.29, 1.82) is 0 Å². The van der Waals surface area contributed by atoms with Crippen LogP contribution >= 0.6 is 0 Å². The van der Waals surface area contributed by atoms with Crippen LogP contribution in [0.5, 0.6) is 0 Å². The highest BCUT2D eigenvalue weighted by Gasteiger charge is 2.35. The first-order valence-corrected chi connectivity index (χ1v) is 8.96. The minimum atomic E-state index is -0.536. The molecule has 0 bridgehead atoms. The molecule has 0 saturated carbocycles. The number of furan rings is 1. The third-order valence-electron chi connectivity index (χ3n) is 4.77. The van der Waals surface area contributed by atoms with Gasteiger partial charge >= 0.3 is 5.97 Å². The van der Waals surface area contributed by atoms with Gasteiger partial charge in [0.05, 0.1) is 24.4 Å². The fraction of sp³-hybridized carbons (Fsp3) is 0.300. The first-order valence-electron chi connectivity index (χ1n) is 8.96. The molecule has 8 nitrogen and oxygen atoms in total. The summed E-state index contributed by atoms with van der Waals surface area (Å²) in [6, 6.07) is 10.2. The molecule has 1 atom stereocenters. The van der Waals surface area contributed by atoms with E-state index in [1.54, 1.807) is 29.4 Å². The second-order valence-electron chi connectivity index (χ2n) is 6.81. The maximum atomic E-state index is 12.4. The number of carbonyl (C=O) groups is 2. The first kappa shape index (κ1) is 18.0. The van der Waals surface area contributed by atoms with Gasteiger partial charge in [0.1, 0.15) is 18.0 Å². The van der Waals surface area contributed by atoms with Crippen molar-refractivity contribution in [1.82, 2.24) is 14.3 Å². The average molecular weight is 381 g/mol. The molecule has 1 amide bonds. The third kappa shape index (κ3) is 3.53. The van der Waals surface area contributed by atoms with E-state index in [1.165, 1.54) is 10.5 Å². The number of ether oxygens (including phenoxy) is 1. The van der Waals surface area contributed by atoms with E-state index in [1.807, 2.05) is 19.1 Å². The maximum Gasteiger partial charge on any atom is 0.311 e. The molecule has 0 aliphatic carbocycles. The van der Waals surface area contributed by atoms with E-state index in [4.69, 9.17) is 9.15 Å². The van der Waals surface area contributed by atoms with Crippen LogP contribution in [0.1, 0.15) is 23.6 Å². The lowest BCUT2D eigenvalue weighted by atomic mass is 10.1. The molecule has 3 aromatic heterocycles. The molecule has 3 aromatic rings. The average Bonchev–Trinajstić information content (AvgIpc) is 3.30. The van der Waals surface area contributed by atoms with Crippen LogP contribution in [-0.4, -0.2) is 32.7 Å². The van der Waals surface area contributed by atoms with Crippen molar-refractivity contribution in [3.8, 4) is 0 Å². The summed E-state index contributed by atoms with van der Waals surface area (Å²) in [7, 11) is 0. The zero-order valence-electron chi connectivity index (χ0n) is 15.3. The van der Waals surface area contributed by atoms with Gasteiger partial charge in [0, 0.05) is 24.7 Å². The van der Waals surface area contributed by atoms with Crippen molar-refractivity contribution in [3.63, 3.8) is 0 Å². The quantitative estimate of drug-likeness (QED) is 0.624. The Hall–Kier alpha value is -3.42. The zero-order valence-corrected chi connectivity index (χ0v) is 15.3. The number of nitrogens with zero attached hydrogens (tertiary/aromatic N) is 3. The van der Waals surface area contributed by atoms with Gasteiger partial charge in [-0.15, -0.1) is 0 Å². The molecule has 0 aromatic carbocycles. The number of fused-ring (bicyclic) bond motifs is 1. The summed E-state index contributed by atoms with van der Waals surface area (Å²) < 4.78 is 12.1. The standard InChI is InChI=1S/C20H19N3O5/c1-13-4-2-6-17-21-15(9-19(25)23(13)17)12-28-20(26)14-8-18(24)22(10-14)11-16-5-3-7-27-16/h2-7,9,14H,8,10-12H2,1H3/t14-/m0/s1. The molecule has 0 radical (unpaired) electrons. The highest BCUT2D eigenvalue weighted by atomic mass is 16.5. The number of hydrogen-bond acceptors (Lipinski definition) is 6. The van der Waals surface area contributed by atoms with Crippen molar-refractivity contribution < 1.29 is 18.7 Å². The molecule has 144 valence electrons. The van der Waals surface area contributed by atoms with Crippen LogP contribution in [0, 0.1) is 12.8 Å². The van der Waals surface area contributed by atoms with Gasteiger partial charge in [-0.2, -0.15) is 0 Å². The Balaban J connectivity index is 1.40. The summed E-state index contributed by atoms with van der Waals surface area (Å²) in [6.07, 6.45) is 1.65. The predicted octanol–water partition coefficient (Wildman–Crippen LogP) is 1.69. The summed E-state index contributed by atoms with van der Waals surface area (Å²) in [5.41, 5.74) is 1.43. The molecule has 4 rings (SSSR count). The predicted molar refractivity (Wildman–Crippen MR) is 98.2 cm³/mol. The molecule has 8 heteroatoms. The van der Waals surface area contributed by atoms with Gasteiger partial charge in [-0.3, -0.25) is 18.8 Å². The van der Waals surface area contributed by atoms with Crippen molar-refractivity contribution >= 4 is 17.5 Å². The second-order valence-corrected chi connectivity index (χ2v) is 6.81. The molecule has 0 spiro atoms. The van der Waals surface area contributed by atoms with Crippen molar-refractivity contribution in [3.05, 3.63) is 70.2 Å². The molecule has 1 fully saturated rings. The number of aromatic nitrogens is 2. The summed E-state index contributed by atoms with van der Waals surface area (Å²) >= 11 is 0. The number of pyridine rings is 1. The summed E-state index contributed by atoms with van der Waals surface area (Å²) in [4.78, 5) is 42.7. The molecular formula is C20H19N3O5. The van der Waals surface area contributed by atoms with Crippen LogP contribution < -0.4 is 5.56 Å². The van der Waals surface area contributed by atoms with Crippen LogP contribution in [-0.2, 0) is 27.5 Å². The monoisotopic (exact) mass is 381 g/mol. The Morgan fingerprint density at radius 1 is 1.29 bits per heavy atom. The fourth-order valence-corrected chi connectivity index (χ4v) is 3.37. The molecule has 0 unspecified atom stereocenters. The van der Waals surface area contributed by atoms with Crippen LogP contribution in [0.4, 0.5) is 0 Å². The van der Waals surface area contributed by atoms with Crippen molar-refractivity contribution in [2.45, 2.75) is 26.5 Å². The Bertz CT molecular complexity index is 1090. The highest BCUT2D eigenvalue weighted by molar-refractivity contribution is 5.86. The number of likely N-dealkylation sites (tertiary alicyclic amines) is 1. The van der Waals surface area contributed by atoms with Crippen LogP contribution in [0.3, 0.4) is 0 Å². The smallest absolute Gasteiger partial charge is 0.311 e. The van der Waals surface area contributed by atoms with Gasteiger partial charge in [0.2, 0.25) is 5.91 Å². The Labute approximate surface area is 160 Å². The lowest BCUT2D eigenvalue weighted by Crippen LogP contribution is -2.26. The number of carbonyl (C=O) groups excluding carboxylic acids is 2. The van der Waals surface area contributed by atoms with Crippen molar-refractivity contribution in [2.24, 2.45) is 5.92 Å². The number of esters is 1. The van der Waals surface area contributed by atoms with Gasteiger partial charge < -0.3 is 14.1 Å². The minimum Gasteiger partial charge on any atom is -0.467 e. The SMILES string of the molecule is Cc1cccc2nc(COC(=O)[C@H]3CC(=O)N(Cc4ccco4)C3)cc(=O)n12. The summed E-state index contributed by atoms with van der Waals surface area (Å²) in [5, 5.41) is 0. The van der Waals surface area contributed by atoms with Gasteiger partial charge in [-0.1, -0.05) is 6.07 Å².